The number of hydrogen-bond donors (Lipinski definition) is 1. The van der Waals surface area contributed by atoms with Crippen LogP contribution in [0.15, 0.2) is 36.4 Å². The Hall–Kier alpha value is -3.36. The van der Waals surface area contributed by atoms with E-state index in [2.05, 4.69) is 5.32 Å². The lowest BCUT2D eigenvalue weighted by Gasteiger charge is -2.08. The van der Waals surface area contributed by atoms with Crippen molar-refractivity contribution in [3.05, 3.63) is 69.3 Å². The number of rotatable bonds is 5. The second-order valence-electron chi connectivity index (χ2n) is 4.96. The van der Waals surface area contributed by atoms with Crippen LogP contribution in [-0.4, -0.2) is 23.4 Å². The van der Waals surface area contributed by atoms with Crippen LogP contribution in [-0.2, 0) is 9.53 Å². The van der Waals surface area contributed by atoms with E-state index in [0.717, 1.165) is 18.2 Å². The first-order chi connectivity index (χ1) is 11.8. The van der Waals surface area contributed by atoms with Gasteiger partial charge in [-0.15, -0.1) is 0 Å². The van der Waals surface area contributed by atoms with Crippen LogP contribution in [0.4, 0.5) is 20.2 Å². The average Bonchev–Trinajstić information content (AvgIpc) is 2.56. The highest BCUT2D eigenvalue weighted by atomic mass is 19.2. The molecule has 9 heteroatoms. The second-order valence-corrected chi connectivity index (χ2v) is 4.96. The summed E-state index contributed by atoms with van der Waals surface area (Å²) in [6.07, 6.45) is 0. The van der Waals surface area contributed by atoms with Crippen molar-refractivity contribution in [1.82, 2.24) is 0 Å². The maximum Gasteiger partial charge on any atom is 0.339 e. The Balaban J connectivity index is 2.00. The number of hydrogen-bond acceptors (Lipinski definition) is 5. The summed E-state index contributed by atoms with van der Waals surface area (Å²) >= 11 is 0. The van der Waals surface area contributed by atoms with Crippen molar-refractivity contribution in [2.24, 2.45) is 0 Å². The van der Waals surface area contributed by atoms with E-state index in [1.165, 1.54) is 25.1 Å². The summed E-state index contributed by atoms with van der Waals surface area (Å²) in [5.74, 6) is -3.89. The third kappa shape index (κ3) is 4.34. The molecule has 0 radical (unpaired) electrons. The summed E-state index contributed by atoms with van der Waals surface area (Å²) < 4.78 is 30.6. The van der Waals surface area contributed by atoms with E-state index in [1.807, 2.05) is 0 Å². The number of halogens is 2. The van der Waals surface area contributed by atoms with Gasteiger partial charge in [-0.3, -0.25) is 14.9 Å². The second kappa shape index (κ2) is 7.47. The lowest BCUT2D eigenvalue weighted by molar-refractivity contribution is -0.385. The Kier molecular flexibility index (Phi) is 5.38. The highest BCUT2D eigenvalue weighted by Gasteiger charge is 2.19. The van der Waals surface area contributed by atoms with E-state index in [1.54, 1.807) is 0 Å². The van der Waals surface area contributed by atoms with E-state index in [0.29, 0.717) is 0 Å². The molecule has 0 heterocycles. The quantitative estimate of drug-likeness (QED) is 0.508. The summed E-state index contributed by atoms with van der Waals surface area (Å²) in [6.45, 7) is 0.691. The van der Waals surface area contributed by atoms with E-state index < -0.39 is 35.0 Å². The van der Waals surface area contributed by atoms with Gasteiger partial charge in [-0.25, -0.2) is 13.6 Å². The zero-order valence-electron chi connectivity index (χ0n) is 12.9. The number of nitrogens with zero attached hydrogens (tertiary/aromatic N) is 1. The molecular formula is C16H12F2N2O5. The molecule has 0 aliphatic carbocycles. The predicted molar refractivity (Wildman–Crippen MR) is 83.1 cm³/mol. The van der Waals surface area contributed by atoms with E-state index >= 15 is 0 Å². The lowest BCUT2D eigenvalue weighted by Crippen LogP contribution is -2.21. The number of amides is 1. The van der Waals surface area contributed by atoms with E-state index in [9.17, 15) is 28.5 Å². The molecule has 0 atom stereocenters. The molecule has 0 saturated heterocycles. The summed E-state index contributed by atoms with van der Waals surface area (Å²) in [5.41, 5.74) is -0.194. The van der Waals surface area contributed by atoms with Crippen LogP contribution in [0.2, 0.25) is 0 Å². The molecule has 130 valence electrons. The minimum Gasteiger partial charge on any atom is -0.452 e. The molecule has 1 amide bonds. The maximum atomic E-state index is 13.0. The topological polar surface area (TPSA) is 98.5 Å². The third-order valence-electron chi connectivity index (χ3n) is 3.26. The molecule has 2 rings (SSSR count). The van der Waals surface area contributed by atoms with Gasteiger partial charge < -0.3 is 10.1 Å². The third-order valence-corrected chi connectivity index (χ3v) is 3.26. The summed E-state index contributed by atoms with van der Waals surface area (Å²) in [7, 11) is 0. The summed E-state index contributed by atoms with van der Waals surface area (Å²) in [4.78, 5) is 33.9. The minimum atomic E-state index is -1.14. The molecule has 0 aliphatic heterocycles. The number of carbonyl (C=O) groups excluding carboxylic acids is 2. The fourth-order valence-electron chi connectivity index (χ4n) is 2.02. The molecule has 2 aromatic carbocycles. The Morgan fingerprint density at radius 1 is 1.20 bits per heavy atom. The molecule has 0 bridgehead atoms. The van der Waals surface area contributed by atoms with Crippen molar-refractivity contribution in [3.63, 3.8) is 0 Å². The fourth-order valence-corrected chi connectivity index (χ4v) is 2.02. The number of benzene rings is 2. The number of anilines is 1. The van der Waals surface area contributed by atoms with Crippen molar-refractivity contribution in [2.75, 3.05) is 11.9 Å². The monoisotopic (exact) mass is 350 g/mol. The molecule has 2 aromatic rings. The number of nitro groups is 1. The predicted octanol–water partition coefficient (Wildman–Crippen LogP) is 2.98. The molecule has 25 heavy (non-hydrogen) atoms. The summed E-state index contributed by atoms with van der Waals surface area (Å²) in [6, 6.07) is 6.65. The van der Waals surface area contributed by atoms with Crippen LogP contribution >= 0.6 is 0 Å². The molecule has 0 aromatic heterocycles. The molecule has 1 N–H and O–H groups in total. The molecule has 7 nitrogen and oxygen atoms in total. The molecule has 0 fully saturated rings. The van der Waals surface area contributed by atoms with Gasteiger partial charge in [-0.05, 0) is 25.1 Å². The average molecular weight is 350 g/mol. The van der Waals surface area contributed by atoms with Crippen molar-refractivity contribution in [1.29, 1.82) is 0 Å². The molecule has 0 saturated carbocycles. The highest BCUT2D eigenvalue weighted by Crippen LogP contribution is 2.21. The Morgan fingerprint density at radius 2 is 1.92 bits per heavy atom. The molecule has 0 spiro atoms. The Morgan fingerprint density at radius 3 is 2.56 bits per heavy atom. The lowest BCUT2D eigenvalue weighted by atomic mass is 10.1. The van der Waals surface area contributed by atoms with Crippen LogP contribution in [0.25, 0.3) is 0 Å². The van der Waals surface area contributed by atoms with Gasteiger partial charge in [0.05, 0.1) is 10.5 Å². The summed E-state index contributed by atoms with van der Waals surface area (Å²) in [5, 5.41) is 13.1. The minimum absolute atomic E-state index is 0.00789. The van der Waals surface area contributed by atoms with Gasteiger partial charge in [-0.2, -0.15) is 0 Å². The number of carbonyl (C=O) groups is 2. The largest absolute Gasteiger partial charge is 0.452 e. The smallest absolute Gasteiger partial charge is 0.339 e. The Bertz CT molecular complexity index is 854. The van der Waals surface area contributed by atoms with Crippen molar-refractivity contribution in [2.45, 2.75) is 6.92 Å². The van der Waals surface area contributed by atoms with Crippen LogP contribution < -0.4 is 5.32 Å². The van der Waals surface area contributed by atoms with Crippen molar-refractivity contribution in [3.8, 4) is 0 Å². The fraction of sp³-hybridized carbons (Fsp3) is 0.125. The van der Waals surface area contributed by atoms with Gasteiger partial charge in [0.1, 0.15) is 0 Å². The van der Waals surface area contributed by atoms with Crippen molar-refractivity contribution >= 4 is 23.3 Å². The maximum absolute atomic E-state index is 13.0. The molecule has 0 aliphatic rings. The number of nitrogens with one attached hydrogen (secondary N) is 1. The van der Waals surface area contributed by atoms with Crippen LogP contribution in [0.5, 0.6) is 0 Å². The Labute approximate surface area is 140 Å². The van der Waals surface area contributed by atoms with Gasteiger partial charge in [0.2, 0.25) is 0 Å². The van der Waals surface area contributed by atoms with Gasteiger partial charge in [-0.1, -0.05) is 6.07 Å². The molecular weight excluding hydrogens is 338 g/mol. The molecule has 0 unspecified atom stereocenters. The van der Waals surface area contributed by atoms with E-state index in [4.69, 9.17) is 4.74 Å². The van der Waals surface area contributed by atoms with Gasteiger partial charge in [0, 0.05) is 23.4 Å². The highest BCUT2D eigenvalue weighted by molar-refractivity contribution is 5.96. The first-order valence-electron chi connectivity index (χ1n) is 6.95. The zero-order chi connectivity index (χ0) is 18.6. The first kappa shape index (κ1) is 18.0. The number of nitro benzene ring substituents is 1. The van der Waals surface area contributed by atoms with Crippen molar-refractivity contribution < 1.29 is 28.0 Å². The van der Waals surface area contributed by atoms with Gasteiger partial charge in [0.25, 0.3) is 11.6 Å². The normalized spacial score (nSPS) is 10.2. The SMILES string of the molecule is Cc1c(C(=O)OCC(=O)Nc2ccc(F)c(F)c2)cccc1[N+](=O)[O-]. The van der Waals surface area contributed by atoms with Crippen LogP contribution in [0.1, 0.15) is 15.9 Å². The zero-order valence-corrected chi connectivity index (χ0v) is 12.9. The van der Waals surface area contributed by atoms with Crippen LogP contribution in [0, 0.1) is 28.7 Å². The van der Waals surface area contributed by atoms with Gasteiger partial charge >= 0.3 is 5.97 Å². The first-order valence-corrected chi connectivity index (χ1v) is 6.95. The van der Waals surface area contributed by atoms with Crippen LogP contribution in [0.3, 0.4) is 0 Å². The van der Waals surface area contributed by atoms with E-state index in [-0.39, 0.29) is 22.5 Å². The number of esters is 1. The number of ether oxygens (including phenoxy) is 1. The van der Waals surface area contributed by atoms with Gasteiger partial charge in [0.15, 0.2) is 18.2 Å². The standard InChI is InChI=1S/C16H12F2N2O5/c1-9-11(3-2-4-14(9)20(23)24)16(22)25-8-15(21)19-10-5-6-12(17)13(18)7-10/h2-7H,8H2,1H3,(H,19,21).